The number of amides is 2. The summed E-state index contributed by atoms with van der Waals surface area (Å²) >= 11 is 0. The van der Waals surface area contributed by atoms with Gasteiger partial charge in [0.25, 0.3) is 0 Å². The third-order valence-corrected chi connectivity index (χ3v) is 4.24. The molecule has 0 saturated carbocycles. The van der Waals surface area contributed by atoms with Crippen LogP contribution in [0.1, 0.15) is 31.9 Å². The van der Waals surface area contributed by atoms with Gasteiger partial charge in [-0.1, -0.05) is 50.2 Å². The largest absolute Gasteiger partial charge is 0.493 e. The van der Waals surface area contributed by atoms with Crippen LogP contribution in [0.25, 0.3) is 0 Å². The molecule has 0 bridgehead atoms. The zero-order chi connectivity index (χ0) is 20.5. The molecule has 0 unspecified atom stereocenters. The second-order valence-corrected chi connectivity index (χ2v) is 6.90. The lowest BCUT2D eigenvalue weighted by Gasteiger charge is -2.21. The van der Waals surface area contributed by atoms with Crippen LogP contribution < -0.4 is 20.1 Å². The standard InChI is InChI=1S/C22H28N2O4/c1-15(2)21(24-16(3)25)22(26)23-13-18-10-11-19(20(12-18)27-4)28-14-17-8-6-5-7-9-17/h5-12,15,21H,13-14H2,1-4H3,(H,23,26)(H,24,25)/t21-/m1/s1. The van der Waals surface area contributed by atoms with Crippen LogP contribution in [-0.4, -0.2) is 25.0 Å². The predicted octanol–water partition coefficient (Wildman–Crippen LogP) is 3.05. The number of carbonyl (C=O) groups excluding carboxylic acids is 2. The Balaban J connectivity index is 1.99. The Morgan fingerprint density at radius 2 is 1.71 bits per heavy atom. The lowest BCUT2D eigenvalue weighted by Crippen LogP contribution is -2.48. The molecule has 0 saturated heterocycles. The second-order valence-electron chi connectivity index (χ2n) is 6.90. The van der Waals surface area contributed by atoms with Gasteiger partial charge < -0.3 is 20.1 Å². The maximum atomic E-state index is 12.4. The summed E-state index contributed by atoms with van der Waals surface area (Å²) in [5.74, 6) is 0.792. The van der Waals surface area contributed by atoms with Crippen LogP contribution in [0.3, 0.4) is 0 Å². The lowest BCUT2D eigenvalue weighted by molar-refractivity contribution is -0.129. The van der Waals surface area contributed by atoms with E-state index in [1.165, 1.54) is 6.92 Å². The van der Waals surface area contributed by atoms with Gasteiger partial charge in [0, 0.05) is 13.5 Å². The number of carbonyl (C=O) groups is 2. The van der Waals surface area contributed by atoms with Gasteiger partial charge in [0.1, 0.15) is 12.6 Å². The number of benzene rings is 2. The Kier molecular flexibility index (Phi) is 7.87. The molecular weight excluding hydrogens is 356 g/mol. The van der Waals surface area contributed by atoms with Gasteiger partial charge in [0.15, 0.2) is 11.5 Å². The van der Waals surface area contributed by atoms with Crippen molar-refractivity contribution in [2.45, 2.75) is 40.0 Å². The molecule has 0 aliphatic carbocycles. The first-order valence-electron chi connectivity index (χ1n) is 9.29. The van der Waals surface area contributed by atoms with Crippen LogP contribution in [0, 0.1) is 5.92 Å². The topological polar surface area (TPSA) is 76.7 Å². The second kappa shape index (κ2) is 10.3. The molecule has 2 N–H and O–H groups in total. The highest BCUT2D eigenvalue weighted by Crippen LogP contribution is 2.28. The maximum absolute atomic E-state index is 12.4. The molecular formula is C22H28N2O4. The quantitative estimate of drug-likeness (QED) is 0.697. The van der Waals surface area contributed by atoms with Crippen molar-refractivity contribution in [1.29, 1.82) is 0 Å². The molecule has 1 atom stereocenters. The summed E-state index contributed by atoms with van der Waals surface area (Å²) in [6.07, 6.45) is 0. The van der Waals surface area contributed by atoms with E-state index < -0.39 is 6.04 Å². The van der Waals surface area contributed by atoms with Gasteiger partial charge in [-0.3, -0.25) is 9.59 Å². The number of methoxy groups -OCH3 is 1. The Bertz CT molecular complexity index is 790. The minimum Gasteiger partial charge on any atom is -0.493 e. The van der Waals surface area contributed by atoms with Gasteiger partial charge in [-0.2, -0.15) is 0 Å². The first kappa shape index (κ1) is 21.3. The van der Waals surface area contributed by atoms with Crippen molar-refractivity contribution in [2.24, 2.45) is 5.92 Å². The summed E-state index contributed by atoms with van der Waals surface area (Å²) in [5, 5.41) is 5.55. The molecule has 0 radical (unpaired) electrons. The summed E-state index contributed by atoms with van der Waals surface area (Å²) in [7, 11) is 1.58. The summed E-state index contributed by atoms with van der Waals surface area (Å²) in [6, 6.07) is 14.9. The average Bonchev–Trinajstić information content (AvgIpc) is 2.69. The summed E-state index contributed by atoms with van der Waals surface area (Å²) in [4.78, 5) is 23.7. The van der Waals surface area contributed by atoms with E-state index in [2.05, 4.69) is 10.6 Å². The lowest BCUT2D eigenvalue weighted by atomic mass is 10.0. The monoisotopic (exact) mass is 384 g/mol. The van der Waals surface area contributed by atoms with E-state index in [9.17, 15) is 9.59 Å². The molecule has 0 heterocycles. The molecule has 28 heavy (non-hydrogen) atoms. The summed E-state index contributed by atoms with van der Waals surface area (Å²) < 4.78 is 11.3. The molecule has 0 aliphatic heterocycles. The highest BCUT2D eigenvalue weighted by molar-refractivity contribution is 5.87. The SMILES string of the molecule is COc1cc(CNC(=O)[C@H](NC(C)=O)C(C)C)ccc1OCc1ccccc1. The molecule has 2 aromatic carbocycles. The molecule has 2 rings (SSSR count). The molecule has 0 spiro atoms. The van der Waals surface area contributed by atoms with Crippen molar-refractivity contribution >= 4 is 11.8 Å². The molecule has 150 valence electrons. The predicted molar refractivity (Wildman–Crippen MR) is 108 cm³/mol. The number of hydrogen-bond acceptors (Lipinski definition) is 4. The maximum Gasteiger partial charge on any atom is 0.243 e. The van der Waals surface area contributed by atoms with E-state index in [0.29, 0.717) is 24.7 Å². The van der Waals surface area contributed by atoms with E-state index in [4.69, 9.17) is 9.47 Å². The minimum atomic E-state index is -0.562. The van der Waals surface area contributed by atoms with Gasteiger partial charge in [-0.25, -0.2) is 0 Å². The van der Waals surface area contributed by atoms with E-state index in [0.717, 1.165) is 11.1 Å². The van der Waals surface area contributed by atoms with Crippen molar-refractivity contribution in [3.8, 4) is 11.5 Å². The Labute approximate surface area is 166 Å². The van der Waals surface area contributed by atoms with Crippen molar-refractivity contribution in [2.75, 3.05) is 7.11 Å². The number of rotatable bonds is 9. The molecule has 6 nitrogen and oxygen atoms in total. The van der Waals surface area contributed by atoms with Crippen LogP contribution in [0.5, 0.6) is 11.5 Å². The third-order valence-electron chi connectivity index (χ3n) is 4.24. The molecule has 2 aromatic rings. The zero-order valence-corrected chi connectivity index (χ0v) is 16.8. The van der Waals surface area contributed by atoms with E-state index in [-0.39, 0.29) is 17.7 Å². The fourth-order valence-corrected chi connectivity index (χ4v) is 2.73. The Morgan fingerprint density at radius 1 is 1.00 bits per heavy atom. The summed E-state index contributed by atoms with van der Waals surface area (Å²) in [5.41, 5.74) is 1.95. The molecule has 0 aliphatic rings. The van der Waals surface area contributed by atoms with Gasteiger partial charge in [0.2, 0.25) is 11.8 Å². The first-order valence-corrected chi connectivity index (χ1v) is 9.29. The highest BCUT2D eigenvalue weighted by Gasteiger charge is 2.22. The fraction of sp³-hybridized carbons (Fsp3) is 0.364. The van der Waals surface area contributed by atoms with Crippen LogP contribution in [0.4, 0.5) is 0 Å². The summed E-state index contributed by atoms with van der Waals surface area (Å²) in [6.45, 7) is 5.96. The van der Waals surface area contributed by atoms with Crippen LogP contribution >= 0.6 is 0 Å². The van der Waals surface area contributed by atoms with E-state index >= 15 is 0 Å². The van der Waals surface area contributed by atoms with Crippen LogP contribution in [-0.2, 0) is 22.7 Å². The first-order chi connectivity index (χ1) is 13.4. The van der Waals surface area contributed by atoms with Crippen molar-refractivity contribution in [3.05, 3.63) is 59.7 Å². The van der Waals surface area contributed by atoms with Gasteiger partial charge >= 0.3 is 0 Å². The average molecular weight is 384 g/mol. The third kappa shape index (κ3) is 6.30. The van der Waals surface area contributed by atoms with E-state index in [1.54, 1.807) is 7.11 Å². The van der Waals surface area contributed by atoms with Crippen molar-refractivity contribution in [3.63, 3.8) is 0 Å². The van der Waals surface area contributed by atoms with Gasteiger partial charge in [-0.15, -0.1) is 0 Å². The number of nitrogens with one attached hydrogen (secondary N) is 2. The van der Waals surface area contributed by atoms with Crippen molar-refractivity contribution in [1.82, 2.24) is 10.6 Å². The molecule has 6 heteroatoms. The van der Waals surface area contributed by atoms with Crippen molar-refractivity contribution < 1.29 is 19.1 Å². The van der Waals surface area contributed by atoms with Gasteiger partial charge in [-0.05, 0) is 29.2 Å². The number of hydrogen-bond donors (Lipinski definition) is 2. The highest BCUT2D eigenvalue weighted by atomic mass is 16.5. The number of ether oxygens (including phenoxy) is 2. The Hall–Kier alpha value is -3.02. The fourth-order valence-electron chi connectivity index (χ4n) is 2.73. The molecule has 0 fully saturated rings. The van der Waals surface area contributed by atoms with Crippen LogP contribution in [0.2, 0.25) is 0 Å². The smallest absolute Gasteiger partial charge is 0.243 e. The Morgan fingerprint density at radius 3 is 2.32 bits per heavy atom. The minimum absolute atomic E-state index is 0.00722. The van der Waals surface area contributed by atoms with Crippen LogP contribution in [0.15, 0.2) is 48.5 Å². The molecule has 2 amide bonds. The zero-order valence-electron chi connectivity index (χ0n) is 16.8. The van der Waals surface area contributed by atoms with Gasteiger partial charge in [0.05, 0.1) is 7.11 Å². The van der Waals surface area contributed by atoms with E-state index in [1.807, 2.05) is 62.4 Å². The molecule has 0 aromatic heterocycles. The normalized spacial score (nSPS) is 11.6.